The maximum atomic E-state index is 13.1. The first-order valence-corrected chi connectivity index (χ1v) is 35.8. The van der Waals surface area contributed by atoms with Gasteiger partial charge in [-0.25, -0.2) is 0 Å². The monoisotopic (exact) mass is 1200 g/mol. The van der Waals surface area contributed by atoms with Crippen molar-refractivity contribution >= 4 is 5.91 Å². The molecule has 0 radical (unpaired) electrons. The summed E-state index contributed by atoms with van der Waals surface area (Å²) in [6.45, 7) is 3.66. The third-order valence-corrected chi connectivity index (χ3v) is 16.2. The van der Waals surface area contributed by atoms with Gasteiger partial charge in [-0.3, -0.25) is 4.79 Å². The summed E-state index contributed by atoms with van der Waals surface area (Å²) in [5.41, 5.74) is 0. The summed E-state index contributed by atoms with van der Waals surface area (Å²) >= 11 is 0. The minimum absolute atomic E-state index is 0.200. The highest BCUT2D eigenvalue weighted by molar-refractivity contribution is 5.76. The van der Waals surface area contributed by atoms with Crippen LogP contribution in [0.1, 0.15) is 303 Å². The van der Waals surface area contributed by atoms with Crippen LogP contribution in [-0.4, -0.2) is 87.5 Å². The third-order valence-electron chi connectivity index (χ3n) is 16.2. The molecule has 9 nitrogen and oxygen atoms in total. The normalized spacial score (nSPS) is 18.8. The summed E-state index contributed by atoms with van der Waals surface area (Å²) in [7, 11) is 0. The zero-order valence-corrected chi connectivity index (χ0v) is 55.3. The van der Waals surface area contributed by atoms with Gasteiger partial charge in [0, 0.05) is 6.42 Å². The second-order valence-electron chi connectivity index (χ2n) is 24.3. The highest BCUT2D eigenvalue weighted by Crippen LogP contribution is 2.23. The van der Waals surface area contributed by atoms with Crippen molar-refractivity contribution in [3.05, 3.63) is 122 Å². The molecule has 0 spiro atoms. The maximum Gasteiger partial charge on any atom is 0.220 e. The number of carbonyl (C=O) groups excluding carboxylic acids is 1. The van der Waals surface area contributed by atoms with Crippen LogP contribution in [0.3, 0.4) is 0 Å². The zero-order valence-electron chi connectivity index (χ0n) is 55.3. The Labute approximate surface area is 528 Å². The molecule has 0 aromatic rings. The van der Waals surface area contributed by atoms with Crippen molar-refractivity contribution in [1.29, 1.82) is 0 Å². The van der Waals surface area contributed by atoms with Gasteiger partial charge in [0.2, 0.25) is 5.91 Å². The van der Waals surface area contributed by atoms with Gasteiger partial charge in [-0.1, -0.05) is 315 Å². The summed E-state index contributed by atoms with van der Waals surface area (Å²) < 4.78 is 11.3. The fourth-order valence-electron chi connectivity index (χ4n) is 10.7. The average Bonchev–Trinajstić information content (AvgIpc) is 3.59. The highest BCUT2D eigenvalue weighted by atomic mass is 16.7. The minimum atomic E-state index is -1.58. The van der Waals surface area contributed by atoms with Crippen LogP contribution in [0, 0.1) is 0 Å². The van der Waals surface area contributed by atoms with Crippen molar-refractivity contribution < 1.29 is 39.8 Å². The van der Waals surface area contributed by atoms with E-state index in [9.17, 15) is 30.3 Å². The first-order valence-electron chi connectivity index (χ1n) is 35.8. The van der Waals surface area contributed by atoms with E-state index in [0.717, 1.165) is 103 Å². The van der Waals surface area contributed by atoms with Crippen LogP contribution >= 0.6 is 0 Å². The molecule has 9 heteroatoms. The number of aliphatic hydroxyl groups excluding tert-OH is 5. The molecular weight excluding hydrogens is 1070 g/mol. The lowest BCUT2D eigenvalue weighted by Gasteiger charge is -2.40. The van der Waals surface area contributed by atoms with E-state index in [2.05, 4.69) is 129 Å². The Hall–Kier alpha value is -3.41. The largest absolute Gasteiger partial charge is 0.394 e. The molecular formula is C77H133NO8. The molecule has 0 aromatic carbocycles. The van der Waals surface area contributed by atoms with E-state index in [1.807, 2.05) is 6.08 Å². The van der Waals surface area contributed by atoms with Crippen LogP contribution in [0.5, 0.6) is 0 Å². The molecule has 1 rings (SSSR count). The van der Waals surface area contributed by atoms with Crippen LogP contribution < -0.4 is 5.32 Å². The Kier molecular flexibility index (Phi) is 60.5. The highest BCUT2D eigenvalue weighted by Gasteiger charge is 2.44. The molecule has 494 valence electrons. The van der Waals surface area contributed by atoms with E-state index in [1.165, 1.54) is 180 Å². The van der Waals surface area contributed by atoms with Gasteiger partial charge in [-0.2, -0.15) is 0 Å². The van der Waals surface area contributed by atoms with Gasteiger partial charge in [-0.15, -0.1) is 0 Å². The van der Waals surface area contributed by atoms with Crippen molar-refractivity contribution in [3.63, 3.8) is 0 Å². The molecule has 1 aliphatic rings. The van der Waals surface area contributed by atoms with Gasteiger partial charge >= 0.3 is 0 Å². The quantitative estimate of drug-likeness (QED) is 0.0261. The molecule has 1 amide bonds. The van der Waals surface area contributed by atoms with Crippen LogP contribution in [0.4, 0.5) is 0 Å². The second kappa shape index (κ2) is 64.6. The van der Waals surface area contributed by atoms with Crippen molar-refractivity contribution in [2.75, 3.05) is 13.2 Å². The number of carbonyl (C=O) groups is 1. The van der Waals surface area contributed by atoms with E-state index in [1.54, 1.807) is 6.08 Å². The Morgan fingerprint density at radius 1 is 0.407 bits per heavy atom. The van der Waals surface area contributed by atoms with Gasteiger partial charge in [-0.05, 0) is 103 Å². The molecule has 0 saturated carbocycles. The fraction of sp³-hybridized carbons (Fsp3) is 0.727. The van der Waals surface area contributed by atoms with E-state index in [4.69, 9.17) is 9.47 Å². The van der Waals surface area contributed by atoms with Crippen LogP contribution in [0.25, 0.3) is 0 Å². The Morgan fingerprint density at radius 3 is 1.12 bits per heavy atom. The van der Waals surface area contributed by atoms with Crippen molar-refractivity contribution in [3.8, 4) is 0 Å². The number of allylic oxidation sites excluding steroid dienone is 19. The van der Waals surface area contributed by atoms with Gasteiger partial charge in [0.25, 0.3) is 0 Å². The molecule has 1 fully saturated rings. The molecule has 7 atom stereocenters. The number of aliphatic hydroxyl groups is 5. The van der Waals surface area contributed by atoms with Crippen molar-refractivity contribution in [2.24, 2.45) is 0 Å². The van der Waals surface area contributed by atoms with E-state index < -0.39 is 49.5 Å². The molecule has 1 aliphatic heterocycles. The predicted octanol–water partition coefficient (Wildman–Crippen LogP) is 19.8. The molecule has 0 bridgehead atoms. The lowest BCUT2D eigenvalue weighted by Crippen LogP contribution is -2.60. The number of amides is 1. The third kappa shape index (κ3) is 52.5. The Morgan fingerprint density at radius 2 is 0.733 bits per heavy atom. The molecule has 6 N–H and O–H groups in total. The molecule has 0 aromatic heterocycles. The van der Waals surface area contributed by atoms with Crippen LogP contribution in [-0.2, 0) is 14.3 Å². The molecule has 86 heavy (non-hydrogen) atoms. The summed E-state index contributed by atoms with van der Waals surface area (Å²) in [6.07, 6.45) is 90.2. The molecule has 7 unspecified atom stereocenters. The number of rotatable bonds is 61. The zero-order chi connectivity index (χ0) is 62.1. The van der Waals surface area contributed by atoms with E-state index >= 15 is 0 Å². The summed E-state index contributed by atoms with van der Waals surface area (Å²) in [4.78, 5) is 13.1. The number of hydrogen-bond acceptors (Lipinski definition) is 8. The maximum absolute atomic E-state index is 13.1. The van der Waals surface area contributed by atoms with Gasteiger partial charge in [0.05, 0.1) is 25.4 Å². The average molecular weight is 1200 g/mol. The topological polar surface area (TPSA) is 149 Å². The standard InChI is InChI=1S/C77H133NO8/c1-3-5-7-9-11-13-15-17-19-21-23-25-27-29-31-33-35-37-38-40-42-44-46-48-50-52-54-56-58-60-62-64-66-71(80)70(69-85-77-76(84)75(83)74(82)72(68-79)86-77)78-73(81)67-65-63-61-59-57-55-53-51-49-47-45-43-41-39-36-34-32-30-28-26-24-22-20-18-16-14-12-10-8-6-4-2/h6,8,12,14,18,20,24,26,30,32,36,39,43,45,48,50,56,58,64,66,70-72,74-77,79-80,82-84H,3-5,7,9-11,13,15-17,19,21-23,25,27-29,31,33-35,37-38,40-42,44,46-47,49,51-55,57,59-63,65,67-69H2,1-2H3,(H,78,81)/b8-6-,14-12-,20-18-,26-24-,32-30-,39-36-,45-43-,50-48+,58-56+,66-64+. The first kappa shape index (κ1) is 80.6. The number of ether oxygens (including phenoxy) is 2. The Bertz CT molecular complexity index is 1780. The lowest BCUT2D eigenvalue weighted by molar-refractivity contribution is -0.302. The van der Waals surface area contributed by atoms with Gasteiger partial charge in [0.15, 0.2) is 6.29 Å². The number of nitrogens with one attached hydrogen (secondary N) is 1. The van der Waals surface area contributed by atoms with E-state index in [-0.39, 0.29) is 12.5 Å². The minimum Gasteiger partial charge on any atom is -0.394 e. The number of hydrogen-bond donors (Lipinski definition) is 6. The van der Waals surface area contributed by atoms with Crippen LogP contribution in [0.2, 0.25) is 0 Å². The van der Waals surface area contributed by atoms with Crippen molar-refractivity contribution in [1.82, 2.24) is 5.32 Å². The summed E-state index contributed by atoms with van der Waals surface area (Å²) in [5.74, 6) is -0.200. The van der Waals surface area contributed by atoms with Crippen LogP contribution in [0.15, 0.2) is 122 Å². The summed E-state index contributed by atoms with van der Waals surface area (Å²) in [5, 5.41) is 54.7. The summed E-state index contributed by atoms with van der Waals surface area (Å²) in [6, 6.07) is -0.843. The number of unbranched alkanes of at least 4 members (excludes halogenated alkanes) is 33. The van der Waals surface area contributed by atoms with Crippen molar-refractivity contribution in [2.45, 2.75) is 346 Å². The van der Waals surface area contributed by atoms with Gasteiger partial charge < -0.3 is 40.3 Å². The van der Waals surface area contributed by atoms with E-state index in [0.29, 0.717) is 6.42 Å². The molecule has 0 aliphatic carbocycles. The Balaban J connectivity index is 2.19. The first-order chi connectivity index (χ1) is 42.3. The second-order valence-corrected chi connectivity index (χ2v) is 24.3. The SMILES string of the molecule is CC/C=C\C/C=C\C/C=C\C/C=C\C/C=C\C/C=C\C/C=C\CCCCCCCCCCCC(=O)NC(COC1OC(CO)C(O)C(O)C1O)C(O)/C=C/CC/C=C/CC/C=C/CCCCCCCCCCCCCCCCCCCCCCCC. The lowest BCUT2D eigenvalue weighted by atomic mass is 9.99. The fourth-order valence-corrected chi connectivity index (χ4v) is 10.7. The smallest absolute Gasteiger partial charge is 0.220 e. The molecule has 1 heterocycles. The molecule has 1 saturated heterocycles. The van der Waals surface area contributed by atoms with Gasteiger partial charge in [0.1, 0.15) is 24.4 Å². The predicted molar refractivity (Wildman–Crippen MR) is 368 cm³/mol.